The zero-order chi connectivity index (χ0) is 19.3. The molecule has 0 saturated carbocycles. The van der Waals surface area contributed by atoms with Gasteiger partial charge < -0.3 is 20.0 Å². The Morgan fingerprint density at radius 1 is 1.14 bits per heavy atom. The lowest BCUT2D eigenvalue weighted by Crippen LogP contribution is -2.46. The van der Waals surface area contributed by atoms with Gasteiger partial charge in [0, 0.05) is 25.2 Å². The summed E-state index contributed by atoms with van der Waals surface area (Å²) in [5.41, 5.74) is 1.80. The lowest BCUT2D eigenvalue weighted by molar-refractivity contribution is -0.123. The Hall–Kier alpha value is -2.60. The van der Waals surface area contributed by atoms with Gasteiger partial charge in [0.25, 0.3) is 5.91 Å². The van der Waals surface area contributed by atoms with E-state index >= 15 is 0 Å². The van der Waals surface area contributed by atoms with E-state index < -0.39 is 0 Å². The number of amides is 2. The summed E-state index contributed by atoms with van der Waals surface area (Å²) >= 11 is 0. The van der Waals surface area contributed by atoms with Crippen molar-refractivity contribution in [1.82, 2.24) is 15.5 Å². The van der Waals surface area contributed by atoms with Gasteiger partial charge in [-0.1, -0.05) is 30.3 Å². The molecule has 0 radical (unpaired) electrons. The highest BCUT2D eigenvalue weighted by Gasteiger charge is 2.29. The number of rotatable bonds is 5. The summed E-state index contributed by atoms with van der Waals surface area (Å²) in [6.45, 7) is 2.90. The van der Waals surface area contributed by atoms with Crippen LogP contribution in [0.2, 0.25) is 0 Å². The normalized spacial score (nSPS) is 22.2. The van der Waals surface area contributed by atoms with Crippen LogP contribution in [0.3, 0.4) is 0 Å². The van der Waals surface area contributed by atoms with Gasteiger partial charge in [0.2, 0.25) is 5.91 Å². The molecule has 2 N–H and O–H groups in total. The molecular formula is C22H27N3O3. The van der Waals surface area contributed by atoms with E-state index in [4.69, 9.17) is 4.42 Å². The molecule has 2 fully saturated rings. The van der Waals surface area contributed by atoms with Crippen LogP contribution in [0, 0.1) is 5.92 Å². The number of hydrogen-bond donors (Lipinski definition) is 2. The first-order valence-corrected chi connectivity index (χ1v) is 10.2. The number of nitrogens with zero attached hydrogens (tertiary/aromatic N) is 1. The summed E-state index contributed by atoms with van der Waals surface area (Å²) in [6, 6.07) is 11.6. The summed E-state index contributed by atoms with van der Waals surface area (Å²) < 4.78 is 5.57. The van der Waals surface area contributed by atoms with Crippen LogP contribution >= 0.6 is 0 Å². The van der Waals surface area contributed by atoms with E-state index in [1.165, 1.54) is 0 Å². The van der Waals surface area contributed by atoms with Gasteiger partial charge in [-0.3, -0.25) is 9.59 Å². The highest BCUT2D eigenvalue weighted by atomic mass is 16.3. The third-order valence-corrected chi connectivity index (χ3v) is 5.69. The Bertz CT molecular complexity index is 811. The lowest BCUT2D eigenvalue weighted by atomic mass is 9.97. The molecule has 0 bridgehead atoms. The molecule has 2 aromatic rings. The number of likely N-dealkylation sites (tertiary alicyclic amines) is 1. The number of nitrogens with one attached hydrogen (secondary N) is 2. The monoisotopic (exact) mass is 381 g/mol. The number of carbonyl (C=O) groups excluding carboxylic acids is 2. The minimum absolute atomic E-state index is 0.0575. The molecule has 4 rings (SSSR count). The van der Waals surface area contributed by atoms with E-state index in [9.17, 15) is 9.59 Å². The molecule has 2 saturated heterocycles. The zero-order valence-corrected chi connectivity index (χ0v) is 16.0. The molecule has 28 heavy (non-hydrogen) atoms. The molecule has 1 aromatic heterocycles. The van der Waals surface area contributed by atoms with Gasteiger partial charge in [0.05, 0.1) is 12.3 Å². The maximum Gasteiger partial charge on any atom is 0.290 e. The van der Waals surface area contributed by atoms with E-state index in [0.717, 1.165) is 49.9 Å². The summed E-state index contributed by atoms with van der Waals surface area (Å²) in [5, 5.41) is 6.29. The summed E-state index contributed by atoms with van der Waals surface area (Å²) in [7, 11) is 0. The Labute approximate surface area is 165 Å². The third-order valence-electron chi connectivity index (χ3n) is 5.69. The number of furan rings is 1. The first-order valence-electron chi connectivity index (χ1n) is 10.2. The van der Waals surface area contributed by atoms with Crippen molar-refractivity contribution in [3.05, 3.63) is 48.4 Å². The third kappa shape index (κ3) is 4.12. The zero-order valence-electron chi connectivity index (χ0n) is 16.0. The summed E-state index contributed by atoms with van der Waals surface area (Å²) in [4.78, 5) is 27.2. The molecule has 0 spiro atoms. The standard InChI is InChI=1S/C22H27N3O3/c26-21(19-9-4-11-23-19)24-14-16-6-5-12-25(15-16)22(27)20-18(10-13-28-20)17-7-2-1-3-8-17/h1-3,7-8,10,13,16,19,23H,4-6,9,11-12,14-15H2,(H,24,26). The molecule has 148 valence electrons. The van der Waals surface area contributed by atoms with E-state index in [2.05, 4.69) is 10.6 Å². The minimum atomic E-state index is -0.0719. The van der Waals surface area contributed by atoms with Crippen LogP contribution in [0.5, 0.6) is 0 Å². The fourth-order valence-electron chi connectivity index (χ4n) is 4.16. The van der Waals surface area contributed by atoms with E-state index in [1.807, 2.05) is 41.3 Å². The van der Waals surface area contributed by atoms with Crippen LogP contribution in [0.15, 0.2) is 47.1 Å². The van der Waals surface area contributed by atoms with Gasteiger partial charge in [-0.2, -0.15) is 0 Å². The Kier molecular flexibility index (Phi) is 5.76. The molecule has 6 heteroatoms. The number of benzene rings is 1. The Morgan fingerprint density at radius 3 is 2.79 bits per heavy atom. The maximum absolute atomic E-state index is 13.1. The van der Waals surface area contributed by atoms with Gasteiger partial charge in [-0.05, 0) is 49.8 Å². The van der Waals surface area contributed by atoms with Crippen LogP contribution in [0.25, 0.3) is 11.1 Å². The fourth-order valence-corrected chi connectivity index (χ4v) is 4.16. The van der Waals surface area contributed by atoms with Crippen LogP contribution in [-0.2, 0) is 4.79 Å². The van der Waals surface area contributed by atoms with Crippen molar-refractivity contribution in [3.63, 3.8) is 0 Å². The van der Waals surface area contributed by atoms with Crippen LogP contribution in [0.4, 0.5) is 0 Å². The van der Waals surface area contributed by atoms with Crippen molar-refractivity contribution in [2.45, 2.75) is 31.7 Å². The molecule has 2 amide bonds. The van der Waals surface area contributed by atoms with E-state index in [-0.39, 0.29) is 23.8 Å². The lowest BCUT2D eigenvalue weighted by Gasteiger charge is -2.32. The predicted molar refractivity (Wildman–Crippen MR) is 107 cm³/mol. The van der Waals surface area contributed by atoms with Gasteiger partial charge >= 0.3 is 0 Å². The first kappa shape index (κ1) is 18.7. The second-order valence-electron chi connectivity index (χ2n) is 7.68. The minimum Gasteiger partial charge on any atom is -0.459 e. The van der Waals surface area contributed by atoms with Gasteiger partial charge in [0.15, 0.2) is 5.76 Å². The largest absolute Gasteiger partial charge is 0.459 e. The average molecular weight is 381 g/mol. The maximum atomic E-state index is 13.1. The molecule has 6 nitrogen and oxygen atoms in total. The molecule has 2 aliphatic heterocycles. The molecule has 0 aliphatic carbocycles. The van der Waals surface area contributed by atoms with Gasteiger partial charge in [-0.15, -0.1) is 0 Å². The highest BCUT2D eigenvalue weighted by molar-refractivity contribution is 5.98. The molecule has 3 heterocycles. The van der Waals surface area contributed by atoms with Crippen molar-refractivity contribution in [2.24, 2.45) is 5.92 Å². The van der Waals surface area contributed by atoms with E-state index in [0.29, 0.717) is 18.8 Å². The van der Waals surface area contributed by atoms with Crippen molar-refractivity contribution < 1.29 is 14.0 Å². The van der Waals surface area contributed by atoms with Crippen LogP contribution in [0.1, 0.15) is 36.2 Å². The average Bonchev–Trinajstić information content (AvgIpc) is 3.44. The summed E-state index contributed by atoms with van der Waals surface area (Å²) in [5.74, 6) is 0.680. The van der Waals surface area contributed by atoms with Gasteiger partial charge in [0.1, 0.15) is 0 Å². The van der Waals surface area contributed by atoms with Crippen molar-refractivity contribution in [2.75, 3.05) is 26.2 Å². The Balaban J connectivity index is 1.37. The van der Waals surface area contributed by atoms with Crippen molar-refractivity contribution >= 4 is 11.8 Å². The van der Waals surface area contributed by atoms with E-state index in [1.54, 1.807) is 6.26 Å². The number of hydrogen-bond acceptors (Lipinski definition) is 4. The number of piperidine rings is 1. The van der Waals surface area contributed by atoms with Crippen molar-refractivity contribution in [3.8, 4) is 11.1 Å². The molecule has 2 atom stereocenters. The number of carbonyl (C=O) groups is 2. The smallest absolute Gasteiger partial charge is 0.290 e. The SMILES string of the molecule is O=C(NCC1CCCN(C(=O)c2occc2-c2ccccc2)C1)C1CCCN1. The second kappa shape index (κ2) is 8.61. The molecular weight excluding hydrogens is 354 g/mol. The first-order chi connectivity index (χ1) is 13.7. The quantitative estimate of drug-likeness (QED) is 0.835. The molecule has 2 unspecified atom stereocenters. The highest BCUT2D eigenvalue weighted by Crippen LogP contribution is 2.27. The van der Waals surface area contributed by atoms with Gasteiger partial charge in [-0.25, -0.2) is 0 Å². The fraction of sp³-hybridized carbons (Fsp3) is 0.455. The Morgan fingerprint density at radius 2 is 2.00 bits per heavy atom. The molecule has 2 aliphatic rings. The second-order valence-corrected chi connectivity index (χ2v) is 7.68. The van der Waals surface area contributed by atoms with Crippen LogP contribution < -0.4 is 10.6 Å². The van der Waals surface area contributed by atoms with Crippen molar-refractivity contribution in [1.29, 1.82) is 0 Å². The van der Waals surface area contributed by atoms with Crippen LogP contribution in [-0.4, -0.2) is 48.9 Å². The predicted octanol–water partition coefficient (Wildman–Crippen LogP) is 2.67. The summed E-state index contributed by atoms with van der Waals surface area (Å²) in [6.07, 6.45) is 5.49. The topological polar surface area (TPSA) is 74.6 Å². The molecule has 1 aromatic carbocycles.